The second-order valence-corrected chi connectivity index (χ2v) is 3.49. The van der Waals surface area contributed by atoms with Crippen molar-refractivity contribution in [2.75, 3.05) is 20.3 Å². The van der Waals surface area contributed by atoms with Gasteiger partial charge in [0.2, 0.25) is 0 Å². The van der Waals surface area contributed by atoms with Crippen LogP contribution in [-0.2, 0) is 14.3 Å². The molecule has 1 aliphatic heterocycles. The normalized spacial score (nSPS) is 20.2. The molecule has 1 aliphatic rings. The number of nitrogens with one attached hydrogen (secondary N) is 2. The number of methoxy groups -OCH3 is 1. The Morgan fingerprint density at radius 2 is 2.12 bits per heavy atom. The molecule has 0 saturated heterocycles. The molecular weight excluding hydrogens is 212 g/mol. The third kappa shape index (κ3) is 2.96. The highest BCUT2D eigenvalue weighted by Crippen LogP contribution is 2.13. The minimum absolute atomic E-state index is 0.201. The minimum Gasteiger partial charge on any atom is -0.460 e. The Hall–Kier alpha value is -1.56. The van der Waals surface area contributed by atoms with E-state index in [1.807, 2.05) is 0 Å². The average molecular weight is 228 g/mol. The lowest BCUT2D eigenvalue weighted by atomic mass is 10.1. The Labute approximate surface area is 94.0 Å². The molecule has 6 nitrogen and oxygen atoms in total. The van der Waals surface area contributed by atoms with E-state index in [1.165, 1.54) is 7.11 Å². The first-order chi connectivity index (χ1) is 7.56. The number of urea groups is 1. The smallest absolute Gasteiger partial charge is 0.337 e. The zero-order valence-electron chi connectivity index (χ0n) is 9.62. The number of carbonyl (C=O) groups excluding carboxylic acids is 2. The maximum absolute atomic E-state index is 11.7. The Morgan fingerprint density at radius 3 is 2.69 bits per heavy atom. The van der Waals surface area contributed by atoms with Gasteiger partial charge in [0.1, 0.15) is 6.61 Å². The Kier molecular flexibility index (Phi) is 4.30. The topological polar surface area (TPSA) is 76.7 Å². The van der Waals surface area contributed by atoms with Crippen molar-refractivity contribution < 1.29 is 19.1 Å². The Morgan fingerprint density at radius 1 is 1.44 bits per heavy atom. The fourth-order valence-electron chi connectivity index (χ4n) is 1.49. The fraction of sp³-hybridized carbons (Fsp3) is 0.600. The fourth-order valence-corrected chi connectivity index (χ4v) is 1.49. The zero-order valence-corrected chi connectivity index (χ0v) is 9.62. The lowest BCUT2D eigenvalue weighted by molar-refractivity contribution is -0.140. The summed E-state index contributed by atoms with van der Waals surface area (Å²) in [5, 5.41) is 5.12. The van der Waals surface area contributed by atoms with Crippen molar-refractivity contribution >= 4 is 12.0 Å². The van der Waals surface area contributed by atoms with Crippen molar-refractivity contribution in [1.82, 2.24) is 10.6 Å². The molecule has 0 saturated carbocycles. The van der Waals surface area contributed by atoms with E-state index in [0.29, 0.717) is 17.9 Å². The summed E-state index contributed by atoms with van der Waals surface area (Å²) in [4.78, 5) is 22.8. The van der Waals surface area contributed by atoms with Crippen molar-refractivity contribution in [2.24, 2.45) is 0 Å². The van der Waals surface area contributed by atoms with Crippen molar-refractivity contribution in [3.63, 3.8) is 0 Å². The summed E-state index contributed by atoms with van der Waals surface area (Å²) in [5.74, 6) is -0.436. The molecule has 0 spiro atoms. The number of ether oxygens (including phenoxy) is 2. The molecule has 0 aliphatic carbocycles. The molecule has 0 bridgehead atoms. The van der Waals surface area contributed by atoms with Gasteiger partial charge in [-0.3, -0.25) is 0 Å². The van der Waals surface area contributed by atoms with Crippen molar-refractivity contribution in [2.45, 2.75) is 19.9 Å². The number of carbonyl (C=O) groups is 2. The van der Waals surface area contributed by atoms with Crippen LogP contribution < -0.4 is 10.6 Å². The highest BCUT2D eigenvalue weighted by atomic mass is 16.6. The van der Waals surface area contributed by atoms with Gasteiger partial charge in [0.25, 0.3) is 0 Å². The summed E-state index contributed by atoms with van der Waals surface area (Å²) in [5.41, 5.74) is 0.967. The van der Waals surface area contributed by atoms with Gasteiger partial charge in [-0.05, 0) is 13.8 Å². The van der Waals surface area contributed by atoms with Gasteiger partial charge in [0, 0.05) is 12.8 Å². The monoisotopic (exact) mass is 228 g/mol. The second-order valence-electron chi connectivity index (χ2n) is 3.49. The summed E-state index contributed by atoms with van der Waals surface area (Å²) in [6, 6.07) is -0.651. The van der Waals surface area contributed by atoms with Crippen molar-refractivity contribution in [1.29, 1.82) is 0 Å². The minimum atomic E-state index is -0.436. The standard InChI is InChI=1S/C10H16N2O4/c1-6-8(7(2)12-10(14)11-6)9(13)16-5-4-15-3/h6H,4-5H2,1-3H3,(H2,11,12,14). The molecular formula is C10H16N2O4. The number of rotatable bonds is 4. The predicted octanol–water partition coefficient (Wildman–Crippen LogP) is 0.151. The first-order valence-electron chi connectivity index (χ1n) is 5.00. The number of allylic oxidation sites excluding steroid dienone is 1. The summed E-state index contributed by atoms with van der Waals surface area (Å²) in [7, 11) is 1.53. The van der Waals surface area contributed by atoms with Crippen LogP contribution in [0.2, 0.25) is 0 Å². The highest BCUT2D eigenvalue weighted by molar-refractivity contribution is 5.94. The third-order valence-electron chi connectivity index (χ3n) is 2.23. The van der Waals surface area contributed by atoms with E-state index in [9.17, 15) is 9.59 Å². The molecule has 1 heterocycles. The van der Waals surface area contributed by atoms with Crippen LogP contribution in [0.4, 0.5) is 4.79 Å². The lowest BCUT2D eigenvalue weighted by Gasteiger charge is -2.24. The van der Waals surface area contributed by atoms with E-state index >= 15 is 0 Å². The van der Waals surface area contributed by atoms with Crippen LogP contribution >= 0.6 is 0 Å². The predicted molar refractivity (Wildman–Crippen MR) is 56.7 cm³/mol. The van der Waals surface area contributed by atoms with Gasteiger partial charge in [-0.15, -0.1) is 0 Å². The van der Waals surface area contributed by atoms with Crippen LogP contribution in [0.15, 0.2) is 11.3 Å². The molecule has 6 heteroatoms. The summed E-state index contributed by atoms with van der Waals surface area (Å²) in [6.07, 6.45) is 0. The molecule has 0 aromatic rings. The summed E-state index contributed by atoms with van der Waals surface area (Å²) < 4.78 is 9.76. The molecule has 0 aromatic carbocycles. The largest absolute Gasteiger partial charge is 0.460 e. The Bertz CT molecular complexity index is 325. The SMILES string of the molecule is COCCOC(=O)C1=C(C)NC(=O)NC1C. The molecule has 2 amide bonds. The van der Waals surface area contributed by atoms with E-state index < -0.39 is 5.97 Å². The van der Waals surface area contributed by atoms with Crippen molar-refractivity contribution in [3.05, 3.63) is 11.3 Å². The van der Waals surface area contributed by atoms with E-state index in [2.05, 4.69) is 10.6 Å². The van der Waals surface area contributed by atoms with Gasteiger partial charge in [-0.25, -0.2) is 9.59 Å². The van der Waals surface area contributed by atoms with Crippen LogP contribution in [0, 0.1) is 0 Å². The molecule has 1 atom stereocenters. The molecule has 2 N–H and O–H groups in total. The van der Waals surface area contributed by atoms with Crippen LogP contribution in [0.1, 0.15) is 13.8 Å². The highest BCUT2D eigenvalue weighted by Gasteiger charge is 2.27. The molecule has 1 rings (SSSR count). The number of amides is 2. The van der Waals surface area contributed by atoms with E-state index in [-0.39, 0.29) is 18.7 Å². The molecule has 1 unspecified atom stereocenters. The molecule has 90 valence electrons. The van der Waals surface area contributed by atoms with Gasteiger partial charge in [-0.2, -0.15) is 0 Å². The third-order valence-corrected chi connectivity index (χ3v) is 2.23. The molecule has 16 heavy (non-hydrogen) atoms. The maximum Gasteiger partial charge on any atom is 0.337 e. The van der Waals surface area contributed by atoms with Gasteiger partial charge in [0.15, 0.2) is 0 Å². The van der Waals surface area contributed by atoms with Crippen LogP contribution in [0.3, 0.4) is 0 Å². The van der Waals surface area contributed by atoms with Gasteiger partial charge in [0.05, 0.1) is 18.2 Å². The molecule has 0 radical (unpaired) electrons. The number of esters is 1. The summed E-state index contributed by atoms with van der Waals surface area (Å²) in [6.45, 7) is 3.95. The quantitative estimate of drug-likeness (QED) is 0.530. The maximum atomic E-state index is 11.7. The number of hydrogen-bond donors (Lipinski definition) is 2. The van der Waals surface area contributed by atoms with Crippen LogP contribution in [0.5, 0.6) is 0 Å². The van der Waals surface area contributed by atoms with E-state index in [1.54, 1.807) is 13.8 Å². The molecule has 0 aromatic heterocycles. The first kappa shape index (κ1) is 12.5. The lowest BCUT2D eigenvalue weighted by Crippen LogP contribution is -2.48. The van der Waals surface area contributed by atoms with Gasteiger partial charge >= 0.3 is 12.0 Å². The summed E-state index contributed by atoms with van der Waals surface area (Å²) >= 11 is 0. The van der Waals surface area contributed by atoms with Gasteiger partial charge in [-0.1, -0.05) is 0 Å². The molecule has 0 fully saturated rings. The zero-order chi connectivity index (χ0) is 12.1. The van der Waals surface area contributed by atoms with Crippen LogP contribution in [0.25, 0.3) is 0 Å². The van der Waals surface area contributed by atoms with E-state index in [0.717, 1.165) is 0 Å². The second kappa shape index (κ2) is 5.50. The first-order valence-corrected chi connectivity index (χ1v) is 5.00. The Balaban J connectivity index is 2.66. The number of hydrogen-bond acceptors (Lipinski definition) is 4. The van der Waals surface area contributed by atoms with E-state index in [4.69, 9.17) is 9.47 Å². The van der Waals surface area contributed by atoms with Crippen LogP contribution in [-0.4, -0.2) is 38.4 Å². The van der Waals surface area contributed by atoms with Gasteiger partial charge < -0.3 is 20.1 Å². The van der Waals surface area contributed by atoms with Crippen molar-refractivity contribution in [3.8, 4) is 0 Å². The average Bonchev–Trinajstić information content (AvgIpc) is 2.16.